The molecule has 40 heavy (non-hydrogen) atoms. The van der Waals surface area contributed by atoms with E-state index in [9.17, 15) is 4.79 Å². The van der Waals surface area contributed by atoms with Crippen LogP contribution in [0, 0.1) is 0 Å². The second kappa shape index (κ2) is 11.5. The van der Waals surface area contributed by atoms with Crippen molar-refractivity contribution in [1.29, 1.82) is 0 Å². The molecule has 1 N–H and O–H groups in total. The zero-order valence-corrected chi connectivity index (χ0v) is 22.8. The molecule has 0 amide bonds. The number of allylic oxidation sites excluding steroid dienone is 1. The number of carbonyl (C=O) groups is 1. The third kappa shape index (κ3) is 5.33. The lowest BCUT2D eigenvalue weighted by atomic mass is 10.1. The van der Waals surface area contributed by atoms with Gasteiger partial charge in [-0.2, -0.15) is 0 Å². The smallest absolute Gasteiger partial charge is 0.229 e. The maximum Gasteiger partial charge on any atom is 0.229 e. The fourth-order valence-electron chi connectivity index (χ4n) is 5.07. The van der Waals surface area contributed by atoms with Crippen molar-refractivity contribution in [3.8, 4) is 11.4 Å². The molecule has 5 aromatic rings. The average Bonchev–Trinajstić information content (AvgIpc) is 3.62. The van der Waals surface area contributed by atoms with Crippen LogP contribution in [-0.2, 0) is 9.53 Å². The summed E-state index contributed by atoms with van der Waals surface area (Å²) in [7, 11) is 4.35. The highest BCUT2D eigenvalue weighted by atomic mass is 16.5. The van der Waals surface area contributed by atoms with E-state index in [0.29, 0.717) is 35.9 Å². The molecule has 10 nitrogen and oxygen atoms in total. The summed E-state index contributed by atoms with van der Waals surface area (Å²) in [6, 6.07) is 10.0. The molecule has 10 heteroatoms. The Bertz CT molecular complexity index is 1650. The van der Waals surface area contributed by atoms with Gasteiger partial charge >= 0.3 is 0 Å². The van der Waals surface area contributed by atoms with E-state index >= 15 is 0 Å². The first-order valence-corrected chi connectivity index (χ1v) is 13.6. The van der Waals surface area contributed by atoms with Gasteiger partial charge in [0.1, 0.15) is 11.8 Å². The van der Waals surface area contributed by atoms with Crippen molar-refractivity contribution in [1.82, 2.24) is 29.7 Å². The van der Waals surface area contributed by atoms with Crippen LogP contribution in [0.4, 0.5) is 5.82 Å². The number of likely N-dealkylation sites (N-methyl/N-ethyl adjacent to an activating group) is 2. The molecule has 7 rings (SSSR count). The van der Waals surface area contributed by atoms with Gasteiger partial charge in [0.15, 0.2) is 17.2 Å². The molecule has 2 saturated heterocycles. The second-order valence-electron chi connectivity index (χ2n) is 10.2. The maximum absolute atomic E-state index is 10.7. The first kappa shape index (κ1) is 26.1. The zero-order chi connectivity index (χ0) is 27.5. The summed E-state index contributed by atoms with van der Waals surface area (Å²) in [5, 5.41) is 1.84. The fourth-order valence-corrected chi connectivity index (χ4v) is 5.07. The Balaban J connectivity index is 0.000000313. The predicted molar refractivity (Wildman–Crippen MR) is 158 cm³/mol. The van der Waals surface area contributed by atoms with Crippen LogP contribution in [0.3, 0.4) is 0 Å². The standard InChI is InChI=1S/C24H19N5O3.C6H14N2/c30-10-2-3-15-13-18-20-21(32-24(18)26-14-15)23(29-8-11-31-12-9-29)28-22(27-20)17-4-1-5-19-16(17)6-7-25-19;1-7-3-5-8(2)6-4-7/h1-7,10,13-14,25H,8-9,11-12H2;3-6H2,1-2H3/b3-2+;. The van der Waals surface area contributed by atoms with Crippen LogP contribution in [0.5, 0.6) is 0 Å². The Morgan fingerprint density at radius 1 is 0.950 bits per heavy atom. The molecule has 0 radical (unpaired) electrons. The summed E-state index contributed by atoms with van der Waals surface area (Å²) < 4.78 is 11.7. The van der Waals surface area contributed by atoms with Crippen LogP contribution in [-0.4, -0.2) is 103 Å². The van der Waals surface area contributed by atoms with E-state index in [1.807, 2.05) is 36.5 Å². The molecule has 0 atom stereocenters. The lowest BCUT2D eigenvalue weighted by Crippen LogP contribution is -2.42. The highest BCUT2D eigenvalue weighted by Crippen LogP contribution is 2.36. The number of hydrogen-bond donors (Lipinski definition) is 1. The Labute approximate surface area is 232 Å². The molecule has 0 aliphatic carbocycles. The number of rotatable bonds is 4. The zero-order valence-electron chi connectivity index (χ0n) is 22.8. The Kier molecular flexibility index (Phi) is 7.54. The molecular formula is C30H33N7O3. The Morgan fingerprint density at radius 3 is 2.48 bits per heavy atom. The monoisotopic (exact) mass is 539 g/mol. The van der Waals surface area contributed by atoms with Crippen molar-refractivity contribution >= 4 is 51.3 Å². The minimum Gasteiger partial charge on any atom is -0.432 e. The minimum absolute atomic E-state index is 0.490. The van der Waals surface area contributed by atoms with Crippen LogP contribution >= 0.6 is 0 Å². The van der Waals surface area contributed by atoms with E-state index in [0.717, 1.165) is 52.6 Å². The van der Waals surface area contributed by atoms with Crippen molar-refractivity contribution in [2.45, 2.75) is 0 Å². The van der Waals surface area contributed by atoms with Crippen molar-refractivity contribution < 1.29 is 13.9 Å². The number of nitrogens with one attached hydrogen (secondary N) is 1. The lowest BCUT2D eigenvalue weighted by Gasteiger charge is -2.28. The molecular weight excluding hydrogens is 506 g/mol. The number of furan rings is 1. The summed E-state index contributed by atoms with van der Waals surface area (Å²) in [6.07, 6.45) is 7.49. The molecule has 2 aliphatic heterocycles. The summed E-state index contributed by atoms with van der Waals surface area (Å²) in [5.41, 5.74) is 4.57. The number of carbonyl (C=O) groups excluding carboxylic acids is 1. The molecule has 1 aromatic carbocycles. The molecule has 0 saturated carbocycles. The normalized spacial score (nSPS) is 17.1. The van der Waals surface area contributed by atoms with Crippen molar-refractivity contribution in [3.63, 3.8) is 0 Å². The molecule has 6 heterocycles. The van der Waals surface area contributed by atoms with Gasteiger partial charge in [-0.3, -0.25) is 4.79 Å². The number of morpholine rings is 1. The number of fused-ring (bicyclic) bond motifs is 4. The number of anilines is 1. The third-order valence-corrected chi connectivity index (χ3v) is 7.41. The lowest BCUT2D eigenvalue weighted by molar-refractivity contribution is -0.104. The topological polar surface area (TPSA) is 104 Å². The summed E-state index contributed by atoms with van der Waals surface area (Å²) >= 11 is 0. The van der Waals surface area contributed by atoms with E-state index in [4.69, 9.17) is 19.1 Å². The summed E-state index contributed by atoms with van der Waals surface area (Å²) in [5.74, 6) is 1.37. The van der Waals surface area contributed by atoms with Gasteiger partial charge in [-0.15, -0.1) is 0 Å². The number of benzene rings is 1. The number of nitrogens with zero attached hydrogens (tertiary/aromatic N) is 6. The Morgan fingerprint density at radius 2 is 1.73 bits per heavy atom. The number of aromatic nitrogens is 4. The third-order valence-electron chi connectivity index (χ3n) is 7.41. The van der Waals surface area contributed by atoms with E-state index in [2.05, 4.69) is 38.8 Å². The quantitative estimate of drug-likeness (QED) is 0.270. The number of piperazine rings is 1. The Hall–Kier alpha value is -4.12. The van der Waals surface area contributed by atoms with Gasteiger partial charge in [0.2, 0.25) is 5.71 Å². The largest absolute Gasteiger partial charge is 0.432 e. The molecule has 206 valence electrons. The van der Waals surface area contributed by atoms with Crippen molar-refractivity contribution in [2.24, 2.45) is 0 Å². The number of hydrogen-bond acceptors (Lipinski definition) is 9. The average molecular weight is 540 g/mol. The van der Waals surface area contributed by atoms with Crippen LogP contribution in [0.15, 0.2) is 53.2 Å². The van der Waals surface area contributed by atoms with Gasteiger partial charge in [-0.05, 0) is 43.9 Å². The minimum atomic E-state index is 0.490. The number of H-pyrrole nitrogens is 1. The van der Waals surface area contributed by atoms with Gasteiger partial charge in [0.05, 0.1) is 18.6 Å². The molecule has 2 fully saturated rings. The number of pyridine rings is 1. The second-order valence-corrected chi connectivity index (χ2v) is 10.2. The summed E-state index contributed by atoms with van der Waals surface area (Å²) in [4.78, 5) is 35.2. The first-order valence-electron chi connectivity index (χ1n) is 13.6. The molecule has 4 aromatic heterocycles. The first-order chi connectivity index (χ1) is 19.6. The van der Waals surface area contributed by atoms with E-state index in [1.54, 1.807) is 12.3 Å². The number of aldehydes is 1. The highest BCUT2D eigenvalue weighted by molar-refractivity contribution is 6.06. The van der Waals surface area contributed by atoms with Crippen LogP contribution in [0.1, 0.15) is 5.56 Å². The van der Waals surface area contributed by atoms with Gasteiger partial charge < -0.3 is 28.8 Å². The number of ether oxygens (including phenoxy) is 1. The van der Waals surface area contributed by atoms with E-state index in [-0.39, 0.29) is 0 Å². The fraction of sp³-hybridized carbons (Fsp3) is 0.333. The van der Waals surface area contributed by atoms with Gasteiger partial charge in [-0.1, -0.05) is 18.2 Å². The predicted octanol–water partition coefficient (Wildman–Crippen LogP) is 3.83. The van der Waals surface area contributed by atoms with Gasteiger partial charge in [0, 0.05) is 68.1 Å². The molecule has 0 spiro atoms. The maximum atomic E-state index is 10.7. The van der Waals surface area contributed by atoms with Crippen molar-refractivity contribution in [3.05, 3.63) is 54.4 Å². The van der Waals surface area contributed by atoms with Crippen molar-refractivity contribution in [2.75, 3.05) is 71.5 Å². The summed E-state index contributed by atoms with van der Waals surface area (Å²) in [6.45, 7) is 7.64. The van der Waals surface area contributed by atoms with Crippen LogP contribution < -0.4 is 4.90 Å². The van der Waals surface area contributed by atoms with Crippen LogP contribution in [0.2, 0.25) is 0 Å². The van der Waals surface area contributed by atoms with Gasteiger partial charge in [-0.25, -0.2) is 15.0 Å². The molecule has 2 aliphatic rings. The van der Waals surface area contributed by atoms with Crippen LogP contribution in [0.25, 0.3) is 50.6 Å². The van der Waals surface area contributed by atoms with E-state index in [1.165, 1.54) is 32.3 Å². The molecule has 0 unspecified atom stereocenters. The highest BCUT2D eigenvalue weighted by Gasteiger charge is 2.23. The van der Waals surface area contributed by atoms with E-state index < -0.39 is 0 Å². The van der Waals surface area contributed by atoms with Gasteiger partial charge in [0.25, 0.3) is 0 Å². The SMILES string of the molecule is CN1CCN(C)CC1.O=C/C=C/c1cnc2oc3c(N4CCOCC4)nc(-c4cccc5[nH]ccc45)nc3c2c1. The molecule has 0 bridgehead atoms. The number of aromatic amines is 1.